The number of nitrogens with zero attached hydrogens (tertiary/aromatic N) is 1. The molecule has 0 aliphatic rings. The van der Waals surface area contributed by atoms with Crippen LogP contribution in [0.1, 0.15) is 31.9 Å². The smallest absolute Gasteiger partial charge is 0.490 e. The van der Waals surface area contributed by atoms with Gasteiger partial charge >= 0.3 is 12.1 Å². The largest absolute Gasteiger partial charge is 0.491 e. The standard InChI is InChI=1S/C32H34F3N5O7S/c1-5-45-26-17-22(10-13-25(26)46-19(2)3)31(47-30(42)32(33,34)35,40-23-11-12-24-20(16-23)14-15-38-28(24)36)29(41)39-18-21-8-6-7-9-27(21)48(43,44)37-4/h6-17,19,37,40H,5,18H2,1-4H3,(H2,36,38)(H,39,41). The Balaban J connectivity index is 1.93. The predicted octanol–water partition coefficient (Wildman–Crippen LogP) is 4.60. The summed E-state index contributed by atoms with van der Waals surface area (Å²) in [5, 5.41) is 6.18. The monoisotopic (exact) mass is 689 g/mol. The average Bonchev–Trinajstić information content (AvgIpc) is 3.03. The Hall–Kier alpha value is -5.09. The van der Waals surface area contributed by atoms with Crippen molar-refractivity contribution >= 4 is 44.2 Å². The Labute approximate surface area is 274 Å². The number of ether oxygens (including phenoxy) is 3. The molecule has 0 saturated heterocycles. The molecule has 5 N–H and O–H groups in total. The first kappa shape index (κ1) is 35.8. The number of benzene rings is 3. The van der Waals surface area contributed by atoms with Crippen molar-refractivity contribution in [2.45, 2.75) is 50.2 Å². The minimum atomic E-state index is -5.52. The van der Waals surface area contributed by atoms with Crippen LogP contribution in [0.2, 0.25) is 0 Å². The molecule has 1 atom stereocenters. The summed E-state index contributed by atoms with van der Waals surface area (Å²) in [7, 11) is -2.80. The molecule has 1 heterocycles. The number of anilines is 2. The summed E-state index contributed by atoms with van der Waals surface area (Å²) in [4.78, 5) is 30.7. The molecule has 16 heteroatoms. The first-order valence-corrected chi connectivity index (χ1v) is 16.1. The number of sulfonamides is 1. The van der Waals surface area contributed by atoms with Crippen LogP contribution in [0.3, 0.4) is 0 Å². The first-order chi connectivity index (χ1) is 22.6. The van der Waals surface area contributed by atoms with E-state index >= 15 is 0 Å². The van der Waals surface area contributed by atoms with Gasteiger partial charge in [-0.1, -0.05) is 18.2 Å². The van der Waals surface area contributed by atoms with E-state index in [0.717, 1.165) is 0 Å². The minimum Gasteiger partial charge on any atom is -0.490 e. The molecule has 0 aliphatic carbocycles. The molecule has 12 nitrogen and oxygen atoms in total. The lowest BCUT2D eigenvalue weighted by Gasteiger charge is -2.35. The van der Waals surface area contributed by atoms with Crippen LogP contribution < -0.4 is 30.6 Å². The van der Waals surface area contributed by atoms with Crippen LogP contribution in [0, 0.1) is 0 Å². The molecule has 4 rings (SSSR count). The zero-order valence-electron chi connectivity index (χ0n) is 26.3. The molecule has 0 saturated carbocycles. The molecular formula is C32H34F3N5O7S. The van der Waals surface area contributed by atoms with Gasteiger partial charge in [-0.2, -0.15) is 13.2 Å². The van der Waals surface area contributed by atoms with Crippen LogP contribution in [0.4, 0.5) is 24.7 Å². The molecule has 0 fully saturated rings. The second-order valence-electron chi connectivity index (χ2n) is 10.6. The van der Waals surface area contributed by atoms with Crippen LogP contribution in [0.5, 0.6) is 11.5 Å². The lowest BCUT2D eigenvalue weighted by atomic mass is 9.99. The number of nitrogens with two attached hydrogens (primary N) is 1. The van der Waals surface area contributed by atoms with E-state index in [1.165, 1.54) is 73.9 Å². The van der Waals surface area contributed by atoms with E-state index in [1.54, 1.807) is 26.8 Å². The molecule has 4 aromatic rings. The number of nitrogens with one attached hydrogen (secondary N) is 3. The molecule has 0 aliphatic heterocycles. The van der Waals surface area contributed by atoms with Crippen molar-refractivity contribution < 1.29 is 45.4 Å². The number of carbonyl (C=O) groups excluding carboxylic acids is 2. The van der Waals surface area contributed by atoms with Gasteiger partial charge in [0.15, 0.2) is 11.5 Å². The van der Waals surface area contributed by atoms with E-state index in [4.69, 9.17) is 19.9 Å². The number of hydrogen-bond donors (Lipinski definition) is 4. The summed E-state index contributed by atoms with van der Waals surface area (Å²) in [6.45, 7) is 4.80. The number of esters is 1. The number of fused-ring (bicyclic) bond motifs is 1. The van der Waals surface area contributed by atoms with Crippen LogP contribution in [0.25, 0.3) is 10.8 Å². The highest BCUT2D eigenvalue weighted by Gasteiger charge is 2.52. The van der Waals surface area contributed by atoms with Gasteiger partial charge in [0.2, 0.25) is 10.0 Å². The molecule has 1 unspecified atom stereocenters. The lowest BCUT2D eigenvalue weighted by Crippen LogP contribution is -2.54. The Morgan fingerprint density at radius 1 is 1.00 bits per heavy atom. The number of halogens is 3. The van der Waals surface area contributed by atoms with Gasteiger partial charge in [0, 0.05) is 29.4 Å². The fourth-order valence-electron chi connectivity index (χ4n) is 4.74. The third kappa shape index (κ3) is 7.88. The maximum atomic E-state index is 14.3. The summed E-state index contributed by atoms with van der Waals surface area (Å²) < 4.78 is 85.6. The zero-order chi connectivity index (χ0) is 35.3. The number of nitrogen functional groups attached to an aromatic ring is 1. The Kier molecular flexibility index (Phi) is 10.7. The van der Waals surface area contributed by atoms with Gasteiger partial charge in [0.25, 0.3) is 11.6 Å². The lowest BCUT2D eigenvalue weighted by molar-refractivity contribution is -0.213. The molecule has 0 bridgehead atoms. The summed E-state index contributed by atoms with van der Waals surface area (Å²) in [6, 6.07) is 15.5. The van der Waals surface area contributed by atoms with Crippen molar-refractivity contribution in [2.24, 2.45) is 0 Å². The van der Waals surface area contributed by atoms with Crippen molar-refractivity contribution in [3.8, 4) is 11.5 Å². The molecule has 0 spiro atoms. The van der Waals surface area contributed by atoms with E-state index in [-0.39, 0.29) is 51.7 Å². The fraction of sp³-hybridized carbons (Fsp3) is 0.281. The molecule has 3 aromatic carbocycles. The van der Waals surface area contributed by atoms with Gasteiger partial charge in [-0.3, -0.25) is 4.79 Å². The molecule has 1 aromatic heterocycles. The van der Waals surface area contributed by atoms with Gasteiger partial charge in [0.1, 0.15) is 5.82 Å². The van der Waals surface area contributed by atoms with Gasteiger partial charge < -0.3 is 30.6 Å². The van der Waals surface area contributed by atoms with Gasteiger partial charge in [-0.15, -0.1) is 0 Å². The highest BCUT2D eigenvalue weighted by atomic mass is 32.2. The number of pyridine rings is 1. The second kappa shape index (κ2) is 14.4. The summed E-state index contributed by atoms with van der Waals surface area (Å²) in [6.07, 6.45) is -4.42. The molecule has 48 heavy (non-hydrogen) atoms. The number of carbonyl (C=O) groups is 2. The minimum absolute atomic E-state index is 0.0496. The number of hydrogen-bond acceptors (Lipinski definition) is 10. The SMILES string of the molecule is CCOc1cc(C(Nc2ccc3c(N)nccc3c2)(OC(=O)C(F)(F)F)C(=O)NCc2ccccc2S(=O)(=O)NC)ccc1OC(C)C. The zero-order valence-corrected chi connectivity index (χ0v) is 27.2. The Morgan fingerprint density at radius 2 is 1.73 bits per heavy atom. The molecule has 1 amide bonds. The van der Waals surface area contributed by atoms with Crippen molar-refractivity contribution in [3.63, 3.8) is 0 Å². The quantitative estimate of drug-likeness (QED) is 0.115. The highest BCUT2D eigenvalue weighted by Crippen LogP contribution is 2.38. The number of alkyl halides is 3. The molecule has 256 valence electrons. The number of amides is 1. The van der Waals surface area contributed by atoms with Crippen molar-refractivity contribution in [3.05, 3.63) is 84.1 Å². The number of aromatic nitrogens is 1. The normalized spacial score (nSPS) is 13.1. The topological polar surface area (TPSA) is 171 Å². The van der Waals surface area contributed by atoms with Crippen LogP contribution >= 0.6 is 0 Å². The summed E-state index contributed by atoms with van der Waals surface area (Å²) in [5.41, 5.74) is 2.94. The summed E-state index contributed by atoms with van der Waals surface area (Å²) >= 11 is 0. The van der Waals surface area contributed by atoms with Crippen molar-refractivity contribution in [2.75, 3.05) is 24.7 Å². The molecular weight excluding hydrogens is 655 g/mol. The van der Waals surface area contributed by atoms with Gasteiger partial charge in [-0.25, -0.2) is 22.9 Å². The van der Waals surface area contributed by atoms with E-state index in [0.29, 0.717) is 10.8 Å². The Bertz CT molecular complexity index is 1920. The average molecular weight is 690 g/mol. The predicted molar refractivity (Wildman–Crippen MR) is 172 cm³/mol. The van der Waals surface area contributed by atoms with E-state index < -0.39 is 40.3 Å². The van der Waals surface area contributed by atoms with Crippen LogP contribution in [-0.2, 0) is 36.6 Å². The summed E-state index contributed by atoms with van der Waals surface area (Å²) in [5.74, 6) is -3.51. The molecule has 0 radical (unpaired) electrons. The first-order valence-electron chi connectivity index (χ1n) is 14.6. The maximum absolute atomic E-state index is 14.3. The van der Waals surface area contributed by atoms with Crippen LogP contribution in [0.15, 0.2) is 77.8 Å². The highest BCUT2D eigenvalue weighted by molar-refractivity contribution is 7.89. The Morgan fingerprint density at radius 3 is 2.40 bits per heavy atom. The number of rotatable bonds is 13. The van der Waals surface area contributed by atoms with E-state index in [2.05, 4.69) is 20.3 Å². The third-order valence-electron chi connectivity index (χ3n) is 6.90. The second-order valence-corrected chi connectivity index (χ2v) is 12.4. The third-order valence-corrected chi connectivity index (χ3v) is 8.41. The fourth-order valence-corrected chi connectivity index (χ4v) is 5.70. The van der Waals surface area contributed by atoms with Crippen molar-refractivity contribution in [1.29, 1.82) is 0 Å². The van der Waals surface area contributed by atoms with Crippen LogP contribution in [-0.4, -0.2) is 51.2 Å². The maximum Gasteiger partial charge on any atom is 0.491 e. The van der Waals surface area contributed by atoms with E-state index in [1.807, 2.05) is 0 Å². The van der Waals surface area contributed by atoms with Gasteiger partial charge in [-0.05, 0) is 87.3 Å². The van der Waals surface area contributed by atoms with E-state index in [9.17, 15) is 31.2 Å². The van der Waals surface area contributed by atoms with Gasteiger partial charge in [0.05, 0.1) is 17.6 Å². The van der Waals surface area contributed by atoms with Crippen molar-refractivity contribution in [1.82, 2.24) is 15.0 Å².